The average Bonchev–Trinajstić information content (AvgIpc) is 2.82. The van der Waals surface area contributed by atoms with Crippen LogP contribution >= 0.6 is 0 Å². The Kier molecular flexibility index (Phi) is 6.65. The van der Waals surface area contributed by atoms with Crippen LogP contribution in [0.5, 0.6) is 11.5 Å². The number of sulfonamides is 1. The van der Waals surface area contributed by atoms with Crippen LogP contribution in [0.3, 0.4) is 0 Å². The second-order valence-electron chi connectivity index (χ2n) is 8.08. The van der Waals surface area contributed by atoms with E-state index >= 15 is 0 Å². The summed E-state index contributed by atoms with van der Waals surface area (Å²) in [5, 5.41) is 8.99. The summed E-state index contributed by atoms with van der Waals surface area (Å²) in [5.41, 5.74) is 1.94. The maximum Gasteiger partial charge on any atom is 0.307 e. The molecule has 8 nitrogen and oxygen atoms in total. The van der Waals surface area contributed by atoms with Crippen molar-refractivity contribution in [1.82, 2.24) is 0 Å². The quantitative estimate of drug-likeness (QED) is 0.526. The topological polar surface area (TPSA) is 96.4 Å². The van der Waals surface area contributed by atoms with E-state index < -0.39 is 16.0 Å². The SMILES string of the molecule is CN1C[C@@H](COc2ccc(S(=O)(=O)N(C)c3cccc(CC(=O)O)c3)cc2)Oc2ccccc21. The largest absolute Gasteiger partial charge is 0.490 e. The fourth-order valence-electron chi connectivity index (χ4n) is 3.81. The van der Waals surface area contributed by atoms with E-state index in [9.17, 15) is 13.2 Å². The Morgan fingerprint density at radius 3 is 2.59 bits per heavy atom. The molecule has 1 aliphatic rings. The van der Waals surface area contributed by atoms with Crippen LogP contribution in [-0.4, -0.2) is 52.8 Å². The molecule has 3 aromatic rings. The molecule has 1 atom stereocenters. The van der Waals surface area contributed by atoms with Gasteiger partial charge in [-0.15, -0.1) is 0 Å². The van der Waals surface area contributed by atoms with Crippen molar-refractivity contribution in [3.05, 3.63) is 78.4 Å². The van der Waals surface area contributed by atoms with Crippen molar-refractivity contribution in [3.8, 4) is 11.5 Å². The minimum atomic E-state index is -3.83. The molecule has 0 saturated carbocycles. The second kappa shape index (κ2) is 9.64. The number of fused-ring (bicyclic) bond motifs is 1. The van der Waals surface area contributed by atoms with Gasteiger partial charge in [0, 0.05) is 14.1 Å². The highest BCUT2D eigenvalue weighted by Crippen LogP contribution is 2.32. The monoisotopic (exact) mass is 482 g/mol. The Labute approximate surface area is 199 Å². The number of anilines is 2. The molecule has 9 heteroatoms. The summed E-state index contributed by atoms with van der Waals surface area (Å²) in [5.74, 6) is 0.365. The van der Waals surface area contributed by atoms with Crippen LogP contribution in [0.15, 0.2) is 77.7 Å². The van der Waals surface area contributed by atoms with E-state index in [4.69, 9.17) is 14.6 Å². The molecule has 178 valence electrons. The number of carboxylic acids is 1. The van der Waals surface area contributed by atoms with Gasteiger partial charge in [0.15, 0.2) is 0 Å². The van der Waals surface area contributed by atoms with Crippen molar-refractivity contribution < 1.29 is 27.8 Å². The number of likely N-dealkylation sites (N-methyl/N-ethyl adjacent to an activating group) is 1. The highest BCUT2D eigenvalue weighted by atomic mass is 32.2. The minimum absolute atomic E-state index is 0.105. The lowest BCUT2D eigenvalue weighted by Crippen LogP contribution is -2.41. The maximum absolute atomic E-state index is 13.1. The Hall–Kier alpha value is -3.72. The number of benzene rings is 3. The predicted octanol–water partition coefficient (Wildman–Crippen LogP) is 3.42. The summed E-state index contributed by atoms with van der Waals surface area (Å²) in [4.78, 5) is 13.2. The van der Waals surface area contributed by atoms with E-state index in [0.717, 1.165) is 15.7 Å². The van der Waals surface area contributed by atoms with Gasteiger partial charge in [0.25, 0.3) is 10.0 Å². The van der Waals surface area contributed by atoms with Crippen molar-refractivity contribution in [1.29, 1.82) is 0 Å². The lowest BCUT2D eigenvalue weighted by atomic mass is 10.1. The lowest BCUT2D eigenvalue weighted by molar-refractivity contribution is -0.136. The molecule has 3 aromatic carbocycles. The molecule has 1 heterocycles. The Balaban J connectivity index is 1.41. The zero-order valence-electron chi connectivity index (χ0n) is 18.9. The lowest BCUT2D eigenvalue weighted by Gasteiger charge is -2.33. The summed E-state index contributed by atoms with van der Waals surface area (Å²) >= 11 is 0. The fraction of sp³-hybridized carbons (Fsp3) is 0.240. The predicted molar refractivity (Wildman–Crippen MR) is 129 cm³/mol. The summed E-state index contributed by atoms with van der Waals surface area (Å²) in [6.07, 6.45) is -0.340. The summed E-state index contributed by atoms with van der Waals surface area (Å²) in [7, 11) is -0.390. The van der Waals surface area contributed by atoms with Crippen LogP contribution < -0.4 is 18.7 Å². The number of nitrogens with zero attached hydrogens (tertiary/aromatic N) is 2. The first-order chi connectivity index (χ1) is 16.2. The van der Waals surface area contributed by atoms with Crippen LogP contribution in [0.25, 0.3) is 0 Å². The van der Waals surface area contributed by atoms with Crippen molar-refractivity contribution in [2.75, 3.05) is 36.5 Å². The van der Waals surface area contributed by atoms with Gasteiger partial charge in [-0.2, -0.15) is 0 Å². The van der Waals surface area contributed by atoms with Crippen LogP contribution in [0.2, 0.25) is 0 Å². The Morgan fingerprint density at radius 2 is 1.85 bits per heavy atom. The molecule has 1 N–H and O–H groups in total. The van der Waals surface area contributed by atoms with Gasteiger partial charge in [0.2, 0.25) is 0 Å². The van der Waals surface area contributed by atoms with Gasteiger partial charge in [-0.05, 0) is 54.1 Å². The minimum Gasteiger partial charge on any atom is -0.490 e. The fourth-order valence-corrected chi connectivity index (χ4v) is 5.00. The number of rotatable bonds is 8. The van der Waals surface area contributed by atoms with E-state index in [1.165, 1.54) is 19.2 Å². The summed E-state index contributed by atoms with van der Waals surface area (Å²) in [6, 6.07) is 20.5. The molecule has 0 unspecified atom stereocenters. The van der Waals surface area contributed by atoms with Crippen molar-refractivity contribution in [3.63, 3.8) is 0 Å². The molecule has 0 aromatic heterocycles. The van der Waals surface area contributed by atoms with E-state index in [-0.39, 0.29) is 17.4 Å². The zero-order chi connectivity index (χ0) is 24.3. The van der Waals surface area contributed by atoms with Crippen LogP contribution in [-0.2, 0) is 21.2 Å². The third-order valence-electron chi connectivity index (χ3n) is 5.60. The van der Waals surface area contributed by atoms with Gasteiger partial charge in [-0.3, -0.25) is 9.10 Å². The molecule has 0 fully saturated rings. The average molecular weight is 483 g/mol. The smallest absolute Gasteiger partial charge is 0.307 e. The highest BCUT2D eigenvalue weighted by molar-refractivity contribution is 7.92. The normalized spacial score (nSPS) is 15.2. The number of carbonyl (C=O) groups is 1. The van der Waals surface area contributed by atoms with Crippen molar-refractivity contribution in [2.45, 2.75) is 17.4 Å². The molecule has 34 heavy (non-hydrogen) atoms. The van der Waals surface area contributed by atoms with Gasteiger partial charge in [0.1, 0.15) is 24.2 Å². The third kappa shape index (κ3) is 5.09. The van der Waals surface area contributed by atoms with Gasteiger partial charge in [-0.1, -0.05) is 24.3 Å². The second-order valence-corrected chi connectivity index (χ2v) is 10.1. The molecule has 0 radical (unpaired) electrons. The van der Waals surface area contributed by atoms with Crippen molar-refractivity contribution in [2.24, 2.45) is 0 Å². The molecular weight excluding hydrogens is 456 g/mol. The molecule has 0 spiro atoms. The number of hydrogen-bond acceptors (Lipinski definition) is 6. The molecule has 0 saturated heterocycles. The standard InChI is InChI=1S/C25H26N2O6S/c1-26-16-21(33-24-9-4-3-8-23(24)26)17-32-20-10-12-22(13-11-20)34(30,31)27(2)19-7-5-6-18(14-19)15-25(28)29/h3-14,21H,15-17H2,1-2H3,(H,28,29)/t21-/m0/s1. The van der Waals surface area contributed by atoms with Gasteiger partial charge in [0.05, 0.1) is 29.2 Å². The van der Waals surface area contributed by atoms with E-state index in [2.05, 4.69) is 4.90 Å². The highest BCUT2D eigenvalue weighted by Gasteiger charge is 2.24. The molecular formula is C25H26N2O6S. The number of para-hydroxylation sites is 2. The first-order valence-corrected chi connectivity index (χ1v) is 12.2. The zero-order valence-corrected chi connectivity index (χ0v) is 19.7. The van der Waals surface area contributed by atoms with Gasteiger partial charge in [-0.25, -0.2) is 8.42 Å². The van der Waals surface area contributed by atoms with Crippen LogP contribution in [0.4, 0.5) is 11.4 Å². The molecule has 0 amide bonds. The number of ether oxygens (including phenoxy) is 2. The van der Waals surface area contributed by atoms with Crippen molar-refractivity contribution >= 4 is 27.4 Å². The maximum atomic E-state index is 13.1. The summed E-state index contributed by atoms with van der Waals surface area (Å²) in [6.45, 7) is 0.996. The van der Waals surface area contributed by atoms with Crippen LogP contribution in [0.1, 0.15) is 5.56 Å². The van der Waals surface area contributed by atoms with E-state index in [1.807, 2.05) is 31.3 Å². The van der Waals surface area contributed by atoms with Gasteiger partial charge < -0.3 is 19.5 Å². The van der Waals surface area contributed by atoms with E-state index in [1.54, 1.807) is 36.4 Å². The third-order valence-corrected chi connectivity index (χ3v) is 7.39. The first kappa shape index (κ1) is 23.4. The number of hydrogen-bond donors (Lipinski definition) is 1. The Morgan fingerprint density at radius 1 is 1.12 bits per heavy atom. The summed E-state index contributed by atoms with van der Waals surface area (Å²) < 4.78 is 39.2. The number of aliphatic carboxylic acids is 1. The van der Waals surface area contributed by atoms with Gasteiger partial charge >= 0.3 is 5.97 Å². The number of carboxylic acid groups (broad SMARTS) is 1. The first-order valence-electron chi connectivity index (χ1n) is 10.7. The molecule has 0 bridgehead atoms. The van der Waals surface area contributed by atoms with Crippen LogP contribution in [0, 0.1) is 0 Å². The van der Waals surface area contributed by atoms with E-state index in [0.29, 0.717) is 30.2 Å². The Bertz CT molecular complexity index is 1280. The molecule has 1 aliphatic heterocycles. The molecule has 4 rings (SSSR count). The molecule has 0 aliphatic carbocycles.